The van der Waals surface area contributed by atoms with Gasteiger partial charge in [0.2, 0.25) is 0 Å². The highest BCUT2D eigenvalue weighted by molar-refractivity contribution is 5.53. The van der Waals surface area contributed by atoms with Gasteiger partial charge >= 0.3 is 0 Å². The third-order valence-corrected chi connectivity index (χ3v) is 5.17. The Bertz CT molecular complexity index is 830. The van der Waals surface area contributed by atoms with Crippen LogP contribution in [0.5, 0.6) is 5.75 Å². The van der Waals surface area contributed by atoms with Crippen LogP contribution in [-0.4, -0.2) is 34.8 Å². The first-order valence-corrected chi connectivity index (χ1v) is 10.3. The van der Waals surface area contributed by atoms with Crippen LogP contribution in [0.1, 0.15) is 36.0 Å². The molecule has 3 nitrogen and oxygen atoms in total. The van der Waals surface area contributed by atoms with Crippen molar-refractivity contribution in [2.75, 3.05) is 44.6 Å². The van der Waals surface area contributed by atoms with E-state index in [4.69, 9.17) is 4.74 Å². The normalized spacial score (nSPS) is 10.8. The van der Waals surface area contributed by atoms with E-state index in [1.165, 1.54) is 28.1 Å². The van der Waals surface area contributed by atoms with Crippen LogP contribution < -0.4 is 14.5 Å². The average Bonchev–Trinajstić information content (AvgIpc) is 2.74. The molecule has 0 spiro atoms. The first-order valence-electron chi connectivity index (χ1n) is 10.3. The lowest BCUT2D eigenvalue weighted by atomic mass is 9.85. The molecule has 0 saturated heterocycles. The van der Waals surface area contributed by atoms with Crippen LogP contribution in [0.25, 0.3) is 0 Å². The SMILES string of the molecule is CCCOc1ccc(C(c2ccc(N(C)C)cc2)c2ccc(N(C)C)cc2)cc1. The van der Waals surface area contributed by atoms with Gasteiger partial charge in [-0.1, -0.05) is 43.3 Å². The summed E-state index contributed by atoms with van der Waals surface area (Å²) in [4.78, 5) is 4.26. The molecule has 0 atom stereocenters. The molecule has 0 aliphatic heterocycles. The van der Waals surface area contributed by atoms with Gasteiger partial charge in [-0.25, -0.2) is 0 Å². The Morgan fingerprint density at radius 2 is 1.00 bits per heavy atom. The summed E-state index contributed by atoms with van der Waals surface area (Å²) in [5, 5.41) is 0. The van der Waals surface area contributed by atoms with Crippen molar-refractivity contribution in [3.05, 3.63) is 89.5 Å². The van der Waals surface area contributed by atoms with E-state index in [2.05, 4.69) is 118 Å². The van der Waals surface area contributed by atoms with Gasteiger partial charge in [0.25, 0.3) is 0 Å². The zero-order chi connectivity index (χ0) is 20.8. The fourth-order valence-electron chi connectivity index (χ4n) is 3.48. The smallest absolute Gasteiger partial charge is 0.119 e. The number of rotatable bonds is 8. The molecular weight excluding hydrogens is 356 g/mol. The molecule has 3 aromatic rings. The van der Waals surface area contributed by atoms with E-state index in [0.29, 0.717) is 0 Å². The molecule has 0 unspecified atom stereocenters. The molecule has 0 fully saturated rings. The molecule has 3 rings (SSSR count). The topological polar surface area (TPSA) is 15.7 Å². The van der Waals surface area contributed by atoms with Crippen molar-refractivity contribution in [2.24, 2.45) is 0 Å². The maximum absolute atomic E-state index is 5.77. The molecule has 0 amide bonds. The van der Waals surface area contributed by atoms with Gasteiger partial charge in [0, 0.05) is 45.5 Å². The predicted octanol–water partition coefficient (Wildman–Crippen LogP) is 5.79. The maximum atomic E-state index is 5.77. The molecule has 152 valence electrons. The Morgan fingerprint density at radius 1 is 0.621 bits per heavy atom. The van der Waals surface area contributed by atoms with Gasteiger partial charge in [0.1, 0.15) is 5.75 Å². The Kier molecular flexibility index (Phi) is 6.82. The van der Waals surface area contributed by atoms with E-state index in [-0.39, 0.29) is 5.92 Å². The molecule has 3 heteroatoms. The summed E-state index contributed by atoms with van der Waals surface area (Å²) >= 11 is 0. The minimum absolute atomic E-state index is 0.183. The van der Waals surface area contributed by atoms with Gasteiger partial charge in [-0.2, -0.15) is 0 Å². The molecule has 0 heterocycles. The van der Waals surface area contributed by atoms with Crippen molar-refractivity contribution in [3.8, 4) is 5.75 Å². The monoisotopic (exact) mass is 388 g/mol. The highest BCUT2D eigenvalue weighted by atomic mass is 16.5. The maximum Gasteiger partial charge on any atom is 0.119 e. The summed E-state index contributed by atoms with van der Waals surface area (Å²) in [5.74, 6) is 1.11. The molecule has 29 heavy (non-hydrogen) atoms. The second-order valence-corrected chi connectivity index (χ2v) is 7.82. The molecule has 0 radical (unpaired) electrons. The second kappa shape index (κ2) is 9.51. The molecule has 0 aromatic heterocycles. The molecule has 0 aliphatic carbocycles. The number of hydrogen-bond acceptors (Lipinski definition) is 3. The van der Waals surface area contributed by atoms with Crippen LogP contribution in [0.2, 0.25) is 0 Å². The van der Waals surface area contributed by atoms with E-state index in [0.717, 1.165) is 18.8 Å². The van der Waals surface area contributed by atoms with E-state index in [9.17, 15) is 0 Å². The minimum atomic E-state index is 0.183. The van der Waals surface area contributed by atoms with Gasteiger partial charge in [0.15, 0.2) is 0 Å². The lowest BCUT2D eigenvalue weighted by Gasteiger charge is -2.22. The van der Waals surface area contributed by atoms with Crippen molar-refractivity contribution in [2.45, 2.75) is 19.3 Å². The van der Waals surface area contributed by atoms with E-state index >= 15 is 0 Å². The lowest BCUT2D eigenvalue weighted by molar-refractivity contribution is 0.317. The Balaban J connectivity index is 1.98. The fourth-order valence-corrected chi connectivity index (χ4v) is 3.48. The zero-order valence-corrected chi connectivity index (χ0v) is 18.2. The first-order chi connectivity index (χ1) is 14.0. The Hall–Kier alpha value is -2.94. The van der Waals surface area contributed by atoms with Crippen LogP contribution >= 0.6 is 0 Å². The number of anilines is 2. The zero-order valence-electron chi connectivity index (χ0n) is 18.2. The van der Waals surface area contributed by atoms with Crippen molar-refractivity contribution < 1.29 is 4.74 Å². The van der Waals surface area contributed by atoms with Gasteiger partial charge < -0.3 is 14.5 Å². The summed E-state index contributed by atoms with van der Waals surface area (Å²) < 4.78 is 5.77. The van der Waals surface area contributed by atoms with Gasteiger partial charge in [-0.15, -0.1) is 0 Å². The average molecular weight is 389 g/mol. The molecule has 0 aliphatic rings. The van der Waals surface area contributed by atoms with Crippen molar-refractivity contribution >= 4 is 11.4 Å². The summed E-state index contributed by atoms with van der Waals surface area (Å²) in [6.45, 7) is 2.87. The van der Waals surface area contributed by atoms with E-state index < -0.39 is 0 Å². The van der Waals surface area contributed by atoms with Gasteiger partial charge in [-0.05, 0) is 59.5 Å². The van der Waals surface area contributed by atoms with Crippen LogP contribution in [0.4, 0.5) is 11.4 Å². The largest absolute Gasteiger partial charge is 0.494 e. The third-order valence-electron chi connectivity index (χ3n) is 5.17. The molecule has 0 N–H and O–H groups in total. The Labute approximate surface area is 175 Å². The number of benzene rings is 3. The standard InChI is InChI=1S/C26H32N2O/c1-6-19-29-25-17-11-22(12-18-25)26(20-7-13-23(14-8-20)27(2)3)21-9-15-24(16-10-21)28(4)5/h7-18,26H,6,19H2,1-5H3. The summed E-state index contributed by atoms with van der Waals surface area (Å²) in [6.07, 6.45) is 1.01. The Morgan fingerprint density at radius 3 is 1.34 bits per heavy atom. The van der Waals surface area contributed by atoms with E-state index in [1.807, 2.05) is 0 Å². The molecule has 0 bridgehead atoms. The lowest BCUT2D eigenvalue weighted by Crippen LogP contribution is -2.10. The van der Waals surface area contributed by atoms with Crippen molar-refractivity contribution in [1.82, 2.24) is 0 Å². The number of ether oxygens (including phenoxy) is 1. The molecule has 0 saturated carbocycles. The second-order valence-electron chi connectivity index (χ2n) is 7.82. The molecular formula is C26H32N2O. The molecule has 3 aromatic carbocycles. The van der Waals surface area contributed by atoms with Crippen LogP contribution in [-0.2, 0) is 0 Å². The quantitative estimate of drug-likeness (QED) is 0.454. The van der Waals surface area contributed by atoms with E-state index in [1.54, 1.807) is 0 Å². The fraction of sp³-hybridized carbons (Fsp3) is 0.308. The summed E-state index contributed by atoms with van der Waals surface area (Å²) in [5.41, 5.74) is 6.26. The first kappa shape index (κ1) is 20.8. The predicted molar refractivity (Wildman–Crippen MR) is 125 cm³/mol. The van der Waals surface area contributed by atoms with Crippen molar-refractivity contribution in [1.29, 1.82) is 0 Å². The highest BCUT2D eigenvalue weighted by Gasteiger charge is 2.17. The van der Waals surface area contributed by atoms with Gasteiger partial charge in [0.05, 0.1) is 6.61 Å². The summed E-state index contributed by atoms with van der Waals surface area (Å²) in [7, 11) is 8.28. The number of nitrogens with zero attached hydrogens (tertiary/aromatic N) is 2. The van der Waals surface area contributed by atoms with Crippen LogP contribution in [0.15, 0.2) is 72.8 Å². The summed E-state index contributed by atoms with van der Waals surface area (Å²) in [6, 6.07) is 26.3. The van der Waals surface area contributed by atoms with Crippen molar-refractivity contribution in [3.63, 3.8) is 0 Å². The van der Waals surface area contributed by atoms with Gasteiger partial charge in [-0.3, -0.25) is 0 Å². The third kappa shape index (κ3) is 5.11. The van der Waals surface area contributed by atoms with Crippen LogP contribution in [0.3, 0.4) is 0 Å². The van der Waals surface area contributed by atoms with Crippen LogP contribution in [0, 0.1) is 0 Å². The minimum Gasteiger partial charge on any atom is -0.494 e. The highest BCUT2D eigenvalue weighted by Crippen LogP contribution is 2.34. The number of hydrogen-bond donors (Lipinski definition) is 0.